The van der Waals surface area contributed by atoms with Crippen molar-refractivity contribution < 1.29 is 24.2 Å². The number of hydrogen-bond donors (Lipinski definition) is 2. The molecule has 82 valence electrons. The van der Waals surface area contributed by atoms with E-state index in [1.165, 1.54) is 26.4 Å². The maximum Gasteiger partial charge on any atom is 0.707 e. The Morgan fingerprint density at radius 3 is 1.93 bits per heavy atom. The van der Waals surface area contributed by atoms with Gasteiger partial charge in [-0.05, 0) is 0 Å². The van der Waals surface area contributed by atoms with E-state index < -0.39 is 7.32 Å². The van der Waals surface area contributed by atoms with Crippen LogP contribution < -0.4 is 14.1 Å². The summed E-state index contributed by atoms with van der Waals surface area (Å²) in [5, 5.41) is 17.5. The number of methoxy groups -OCH3 is 2. The number of hydrogen-bond acceptors (Lipinski definition) is 5. The first-order valence-electron chi connectivity index (χ1n) is 4.02. The van der Waals surface area contributed by atoms with Gasteiger partial charge in [0.2, 0.25) is 0 Å². The molecule has 0 heterocycles. The van der Waals surface area contributed by atoms with Crippen molar-refractivity contribution >= 4 is 18.9 Å². The Hall–Kier alpha value is -1.11. The van der Waals surface area contributed by atoms with Crippen molar-refractivity contribution in [3.8, 4) is 17.2 Å². The van der Waals surface area contributed by atoms with Crippen molar-refractivity contribution in [3.05, 3.63) is 17.2 Å². The Balaban J connectivity index is 3.09. The van der Waals surface area contributed by atoms with Crippen molar-refractivity contribution in [1.82, 2.24) is 0 Å². The normalized spacial score (nSPS) is 9.67. The fourth-order valence-corrected chi connectivity index (χ4v) is 1.30. The number of rotatable bonds is 4. The van der Waals surface area contributed by atoms with E-state index in [9.17, 15) is 0 Å². The second-order valence-electron chi connectivity index (χ2n) is 2.59. The van der Waals surface area contributed by atoms with Crippen molar-refractivity contribution in [2.75, 3.05) is 14.2 Å². The van der Waals surface area contributed by atoms with Crippen LogP contribution in [0.4, 0.5) is 0 Å². The van der Waals surface area contributed by atoms with Gasteiger partial charge in [-0.25, -0.2) is 0 Å². The molecular weight excluding hydrogens is 222 g/mol. The monoisotopic (exact) mass is 232 g/mol. The van der Waals surface area contributed by atoms with Crippen LogP contribution in [-0.4, -0.2) is 31.6 Å². The highest BCUT2D eigenvalue weighted by atomic mass is 35.5. The van der Waals surface area contributed by atoms with E-state index in [2.05, 4.69) is 4.65 Å². The SMILES string of the molecule is COc1cc(OB(O)O)cc(OC)c1Cl. The number of halogens is 1. The molecule has 0 aromatic heterocycles. The number of benzene rings is 1. The van der Waals surface area contributed by atoms with Crippen LogP contribution in [0.25, 0.3) is 0 Å². The lowest BCUT2D eigenvalue weighted by molar-refractivity contribution is 0.286. The molecule has 0 fully saturated rings. The predicted molar refractivity (Wildman–Crippen MR) is 55.4 cm³/mol. The Kier molecular flexibility index (Phi) is 4.08. The van der Waals surface area contributed by atoms with E-state index in [0.717, 1.165) is 0 Å². The second-order valence-corrected chi connectivity index (χ2v) is 2.96. The number of ether oxygens (including phenoxy) is 2. The van der Waals surface area contributed by atoms with Gasteiger partial charge in [0.05, 0.1) is 14.2 Å². The largest absolute Gasteiger partial charge is 0.707 e. The first-order valence-corrected chi connectivity index (χ1v) is 4.40. The third kappa shape index (κ3) is 2.92. The quantitative estimate of drug-likeness (QED) is 0.748. The standard InChI is InChI=1S/C8H10BClO5/c1-13-6-3-5(15-9(11)12)4-7(14-2)8(6)10/h3-4,11-12H,1-2H3. The van der Waals surface area contributed by atoms with Gasteiger partial charge in [0.25, 0.3) is 0 Å². The lowest BCUT2D eigenvalue weighted by atomic mass is 10.2. The summed E-state index contributed by atoms with van der Waals surface area (Å²) in [6.07, 6.45) is 0. The molecule has 0 aliphatic heterocycles. The highest BCUT2D eigenvalue weighted by Gasteiger charge is 2.16. The zero-order valence-corrected chi connectivity index (χ0v) is 8.99. The van der Waals surface area contributed by atoms with Gasteiger partial charge >= 0.3 is 7.32 Å². The molecule has 0 spiro atoms. The van der Waals surface area contributed by atoms with Gasteiger partial charge in [0.1, 0.15) is 22.3 Å². The molecule has 5 nitrogen and oxygen atoms in total. The Labute approximate surface area is 92.3 Å². The Morgan fingerprint density at radius 1 is 1.13 bits per heavy atom. The van der Waals surface area contributed by atoms with Crippen LogP contribution in [0.2, 0.25) is 5.02 Å². The van der Waals surface area contributed by atoms with E-state index in [4.69, 9.17) is 31.1 Å². The van der Waals surface area contributed by atoms with Gasteiger partial charge in [-0.1, -0.05) is 11.6 Å². The molecular formula is C8H10BClO5. The summed E-state index contributed by atoms with van der Waals surface area (Å²) in [7, 11) is 0.958. The predicted octanol–water partition coefficient (Wildman–Crippen LogP) is 0.705. The molecule has 0 saturated carbocycles. The molecule has 0 saturated heterocycles. The van der Waals surface area contributed by atoms with Crippen LogP contribution in [0.15, 0.2) is 12.1 Å². The molecule has 0 unspecified atom stereocenters. The molecule has 1 aromatic rings. The summed E-state index contributed by atoms with van der Waals surface area (Å²) in [5.41, 5.74) is 0. The van der Waals surface area contributed by atoms with Crippen LogP contribution in [0.3, 0.4) is 0 Å². The second kappa shape index (κ2) is 5.11. The van der Waals surface area contributed by atoms with Crippen molar-refractivity contribution in [2.24, 2.45) is 0 Å². The van der Waals surface area contributed by atoms with Crippen LogP contribution in [0.1, 0.15) is 0 Å². The van der Waals surface area contributed by atoms with Crippen molar-refractivity contribution in [2.45, 2.75) is 0 Å². The zero-order chi connectivity index (χ0) is 11.4. The summed E-state index contributed by atoms with van der Waals surface area (Å²) in [6, 6.07) is 2.84. The molecule has 0 aliphatic carbocycles. The molecule has 0 aliphatic rings. The summed E-state index contributed by atoms with van der Waals surface area (Å²) in [4.78, 5) is 0. The van der Waals surface area contributed by atoms with Gasteiger partial charge < -0.3 is 24.2 Å². The average molecular weight is 232 g/mol. The van der Waals surface area contributed by atoms with Crippen LogP contribution in [0.5, 0.6) is 17.2 Å². The summed E-state index contributed by atoms with van der Waals surface area (Å²) in [6.45, 7) is 0. The van der Waals surface area contributed by atoms with Crippen LogP contribution in [0, 0.1) is 0 Å². The minimum absolute atomic E-state index is 0.183. The maximum absolute atomic E-state index is 8.62. The molecule has 0 radical (unpaired) electrons. The molecule has 15 heavy (non-hydrogen) atoms. The maximum atomic E-state index is 8.62. The third-order valence-electron chi connectivity index (χ3n) is 1.66. The summed E-state index contributed by atoms with van der Waals surface area (Å²) < 4.78 is 14.6. The third-order valence-corrected chi connectivity index (χ3v) is 2.03. The highest BCUT2D eigenvalue weighted by Crippen LogP contribution is 2.37. The Morgan fingerprint density at radius 2 is 1.60 bits per heavy atom. The smallest absolute Gasteiger partial charge is 0.512 e. The first-order chi connectivity index (χ1) is 7.08. The van der Waals surface area contributed by atoms with E-state index in [-0.39, 0.29) is 5.75 Å². The van der Waals surface area contributed by atoms with Gasteiger partial charge in [0.15, 0.2) is 0 Å². The van der Waals surface area contributed by atoms with E-state index >= 15 is 0 Å². The molecule has 1 rings (SSSR count). The van der Waals surface area contributed by atoms with Crippen LogP contribution >= 0.6 is 11.6 Å². The fraction of sp³-hybridized carbons (Fsp3) is 0.250. The molecule has 0 atom stereocenters. The van der Waals surface area contributed by atoms with Gasteiger partial charge in [-0.2, -0.15) is 0 Å². The zero-order valence-electron chi connectivity index (χ0n) is 8.23. The molecule has 0 amide bonds. The van der Waals surface area contributed by atoms with Gasteiger partial charge in [-0.15, -0.1) is 0 Å². The lowest BCUT2D eigenvalue weighted by Gasteiger charge is -2.11. The fourth-order valence-electron chi connectivity index (χ4n) is 1.04. The van der Waals surface area contributed by atoms with Gasteiger partial charge in [0, 0.05) is 12.1 Å². The highest BCUT2D eigenvalue weighted by molar-refractivity contribution is 6.34. The molecule has 1 aromatic carbocycles. The van der Waals surface area contributed by atoms with Crippen molar-refractivity contribution in [1.29, 1.82) is 0 Å². The Bertz CT molecular complexity index is 319. The topological polar surface area (TPSA) is 68.2 Å². The van der Waals surface area contributed by atoms with E-state index in [0.29, 0.717) is 16.5 Å². The van der Waals surface area contributed by atoms with Crippen LogP contribution in [-0.2, 0) is 0 Å². The average Bonchev–Trinajstić information content (AvgIpc) is 2.19. The lowest BCUT2D eigenvalue weighted by Crippen LogP contribution is -2.20. The minimum Gasteiger partial charge on any atom is -0.512 e. The van der Waals surface area contributed by atoms with Crippen molar-refractivity contribution in [3.63, 3.8) is 0 Å². The minimum atomic E-state index is -1.90. The summed E-state index contributed by atoms with van der Waals surface area (Å²) >= 11 is 5.89. The summed E-state index contributed by atoms with van der Waals surface area (Å²) in [5.74, 6) is 0.835. The molecule has 2 N–H and O–H groups in total. The van der Waals surface area contributed by atoms with Gasteiger partial charge in [-0.3, -0.25) is 0 Å². The molecule has 7 heteroatoms. The molecule has 0 bridgehead atoms. The van der Waals surface area contributed by atoms with E-state index in [1.54, 1.807) is 0 Å². The van der Waals surface area contributed by atoms with E-state index in [1.807, 2.05) is 0 Å². The first kappa shape index (κ1) is 12.0.